The smallest absolute Gasteiger partial charge is 0.307 e. The molecule has 0 aliphatic heterocycles. The predicted molar refractivity (Wildman–Crippen MR) is 99.7 cm³/mol. The fourth-order valence-corrected chi connectivity index (χ4v) is 2.56. The summed E-state index contributed by atoms with van der Waals surface area (Å²) in [5.41, 5.74) is 0.380. The zero-order chi connectivity index (χ0) is 20.2. The average molecular weight is 383 g/mol. The van der Waals surface area contributed by atoms with Gasteiger partial charge in [-0.25, -0.2) is 0 Å². The van der Waals surface area contributed by atoms with Crippen LogP contribution in [0.4, 0.5) is 0 Å². The van der Waals surface area contributed by atoms with Crippen molar-refractivity contribution in [2.24, 2.45) is 0 Å². The quantitative estimate of drug-likeness (QED) is 0.404. The molecule has 0 bridgehead atoms. The van der Waals surface area contributed by atoms with E-state index in [1.165, 1.54) is 21.3 Å². The number of benzene rings is 1. The van der Waals surface area contributed by atoms with Gasteiger partial charge in [-0.3, -0.25) is 9.59 Å². The molecule has 27 heavy (non-hydrogen) atoms. The van der Waals surface area contributed by atoms with E-state index in [0.717, 1.165) is 0 Å². The molecule has 0 aromatic heterocycles. The number of carbonyl (C=O) groups is 2. The van der Waals surface area contributed by atoms with Gasteiger partial charge in [-0.1, -0.05) is 0 Å². The summed E-state index contributed by atoms with van der Waals surface area (Å²) in [6.07, 6.45) is 0.770. The fourth-order valence-electron chi connectivity index (χ4n) is 2.56. The molecule has 0 saturated carbocycles. The highest BCUT2D eigenvalue weighted by Gasteiger charge is 2.22. The van der Waals surface area contributed by atoms with Crippen molar-refractivity contribution in [1.82, 2.24) is 4.90 Å². The van der Waals surface area contributed by atoms with Crippen molar-refractivity contribution in [2.75, 3.05) is 54.7 Å². The van der Waals surface area contributed by atoms with Gasteiger partial charge >= 0.3 is 5.97 Å². The zero-order valence-corrected chi connectivity index (χ0v) is 16.7. The summed E-state index contributed by atoms with van der Waals surface area (Å²) in [5, 5.41) is 0. The Labute approximate surface area is 160 Å². The lowest BCUT2D eigenvalue weighted by Crippen LogP contribution is -2.34. The van der Waals surface area contributed by atoms with Crippen molar-refractivity contribution in [3.8, 4) is 17.2 Å². The third-order valence-corrected chi connectivity index (χ3v) is 3.87. The van der Waals surface area contributed by atoms with Crippen molar-refractivity contribution in [3.63, 3.8) is 0 Å². The predicted octanol–water partition coefficient (Wildman–Crippen LogP) is 2.14. The molecule has 8 nitrogen and oxygen atoms in total. The van der Waals surface area contributed by atoms with E-state index in [-0.39, 0.29) is 24.8 Å². The highest BCUT2D eigenvalue weighted by Crippen LogP contribution is 2.38. The van der Waals surface area contributed by atoms with Gasteiger partial charge in [0, 0.05) is 32.4 Å². The SMILES string of the molecule is CCOC(=O)CCN(CCCOC)C(=O)c1cc(OC)c(OC)c(OC)c1. The van der Waals surface area contributed by atoms with Crippen LogP contribution in [0.25, 0.3) is 0 Å². The van der Waals surface area contributed by atoms with Gasteiger partial charge in [0.25, 0.3) is 5.91 Å². The summed E-state index contributed by atoms with van der Waals surface area (Å²) in [4.78, 5) is 26.3. The summed E-state index contributed by atoms with van der Waals surface area (Å²) < 4.78 is 25.9. The highest BCUT2D eigenvalue weighted by molar-refractivity contribution is 5.96. The van der Waals surface area contributed by atoms with E-state index in [2.05, 4.69) is 0 Å². The fraction of sp³-hybridized carbons (Fsp3) is 0.579. The maximum absolute atomic E-state index is 13.0. The van der Waals surface area contributed by atoms with Crippen molar-refractivity contribution in [3.05, 3.63) is 17.7 Å². The Bertz CT molecular complexity index is 593. The number of hydrogen-bond acceptors (Lipinski definition) is 7. The molecule has 0 N–H and O–H groups in total. The minimum absolute atomic E-state index is 0.122. The second kappa shape index (κ2) is 12.0. The van der Waals surface area contributed by atoms with Gasteiger partial charge < -0.3 is 28.6 Å². The largest absolute Gasteiger partial charge is 0.493 e. The van der Waals surface area contributed by atoms with Crippen LogP contribution in [-0.2, 0) is 14.3 Å². The molecule has 1 aromatic rings. The van der Waals surface area contributed by atoms with E-state index in [0.29, 0.717) is 49.0 Å². The molecule has 0 saturated heterocycles. The molecule has 8 heteroatoms. The number of ether oxygens (including phenoxy) is 5. The Kier molecular flexibility index (Phi) is 10.0. The molecule has 1 rings (SSSR count). The van der Waals surface area contributed by atoms with Gasteiger partial charge in [-0.05, 0) is 25.5 Å². The molecule has 1 aromatic carbocycles. The maximum Gasteiger partial charge on any atom is 0.307 e. The summed E-state index contributed by atoms with van der Waals surface area (Å²) in [6.45, 7) is 3.26. The zero-order valence-electron chi connectivity index (χ0n) is 16.7. The van der Waals surface area contributed by atoms with Crippen molar-refractivity contribution in [2.45, 2.75) is 19.8 Å². The van der Waals surface area contributed by atoms with Crippen molar-refractivity contribution >= 4 is 11.9 Å². The van der Waals surface area contributed by atoms with Crippen LogP contribution in [0.3, 0.4) is 0 Å². The Hall–Kier alpha value is -2.48. The number of rotatable bonds is 12. The van der Waals surface area contributed by atoms with Crippen LogP contribution in [-0.4, -0.2) is 71.5 Å². The lowest BCUT2D eigenvalue weighted by atomic mass is 10.1. The van der Waals surface area contributed by atoms with Crippen LogP contribution in [0.1, 0.15) is 30.1 Å². The van der Waals surface area contributed by atoms with Crippen LogP contribution in [0.5, 0.6) is 17.2 Å². The van der Waals surface area contributed by atoms with Crippen LogP contribution < -0.4 is 14.2 Å². The Morgan fingerprint density at radius 1 is 0.963 bits per heavy atom. The number of amides is 1. The van der Waals surface area contributed by atoms with Gasteiger partial charge in [0.05, 0.1) is 34.4 Å². The topological polar surface area (TPSA) is 83.5 Å². The lowest BCUT2D eigenvalue weighted by Gasteiger charge is -2.23. The molecule has 0 aliphatic rings. The van der Waals surface area contributed by atoms with E-state index >= 15 is 0 Å². The average Bonchev–Trinajstić information content (AvgIpc) is 2.68. The molecule has 0 heterocycles. The lowest BCUT2D eigenvalue weighted by molar-refractivity contribution is -0.143. The number of carbonyl (C=O) groups excluding carboxylic acids is 2. The van der Waals surface area contributed by atoms with Gasteiger partial charge in [-0.2, -0.15) is 0 Å². The highest BCUT2D eigenvalue weighted by atomic mass is 16.5. The second-order valence-electron chi connectivity index (χ2n) is 5.61. The third kappa shape index (κ3) is 6.63. The monoisotopic (exact) mass is 383 g/mol. The molecule has 0 fully saturated rings. The maximum atomic E-state index is 13.0. The minimum Gasteiger partial charge on any atom is -0.493 e. The Balaban J connectivity index is 3.06. The molecule has 0 unspecified atom stereocenters. The van der Waals surface area contributed by atoms with Gasteiger partial charge in [0.2, 0.25) is 5.75 Å². The molecule has 0 atom stereocenters. The standard InChI is InChI=1S/C19H29NO7/c1-6-27-17(21)8-10-20(9-7-11-23-2)19(22)14-12-15(24-3)18(26-5)16(13-14)25-4/h12-13H,6-11H2,1-5H3. The molecule has 0 aliphatic carbocycles. The first kappa shape index (κ1) is 22.6. The molecule has 0 spiro atoms. The van der Waals surface area contributed by atoms with E-state index in [1.807, 2.05) is 0 Å². The van der Waals surface area contributed by atoms with Crippen LogP contribution in [0.15, 0.2) is 12.1 Å². The summed E-state index contributed by atoms with van der Waals surface area (Å²) in [5.74, 6) is 0.612. The number of methoxy groups -OCH3 is 4. The normalized spacial score (nSPS) is 10.3. The molecule has 152 valence electrons. The van der Waals surface area contributed by atoms with Crippen LogP contribution in [0.2, 0.25) is 0 Å². The van der Waals surface area contributed by atoms with Gasteiger partial charge in [0.15, 0.2) is 11.5 Å². The first-order chi connectivity index (χ1) is 13.0. The van der Waals surface area contributed by atoms with Crippen LogP contribution in [0, 0.1) is 0 Å². The number of nitrogens with zero attached hydrogens (tertiary/aromatic N) is 1. The Morgan fingerprint density at radius 3 is 2.07 bits per heavy atom. The Morgan fingerprint density at radius 2 is 1.59 bits per heavy atom. The van der Waals surface area contributed by atoms with E-state index in [1.54, 1.807) is 31.1 Å². The molecule has 1 amide bonds. The first-order valence-electron chi connectivity index (χ1n) is 8.76. The third-order valence-electron chi connectivity index (χ3n) is 3.87. The van der Waals surface area contributed by atoms with Crippen molar-refractivity contribution in [1.29, 1.82) is 0 Å². The van der Waals surface area contributed by atoms with Gasteiger partial charge in [-0.15, -0.1) is 0 Å². The molecule has 0 radical (unpaired) electrons. The minimum atomic E-state index is -0.341. The summed E-state index contributed by atoms with van der Waals surface area (Å²) in [7, 11) is 6.08. The molecular formula is C19H29NO7. The number of esters is 1. The van der Waals surface area contributed by atoms with E-state index in [9.17, 15) is 9.59 Å². The first-order valence-corrected chi connectivity index (χ1v) is 8.76. The summed E-state index contributed by atoms with van der Waals surface area (Å²) >= 11 is 0. The summed E-state index contributed by atoms with van der Waals surface area (Å²) in [6, 6.07) is 3.19. The van der Waals surface area contributed by atoms with Gasteiger partial charge in [0.1, 0.15) is 0 Å². The second-order valence-corrected chi connectivity index (χ2v) is 5.61. The van der Waals surface area contributed by atoms with Crippen LogP contribution >= 0.6 is 0 Å². The number of hydrogen-bond donors (Lipinski definition) is 0. The molecular weight excluding hydrogens is 354 g/mol. The van der Waals surface area contributed by atoms with E-state index in [4.69, 9.17) is 23.7 Å². The van der Waals surface area contributed by atoms with Crippen molar-refractivity contribution < 1.29 is 33.3 Å². The van der Waals surface area contributed by atoms with E-state index < -0.39 is 0 Å².